The maximum absolute atomic E-state index is 13.3. The van der Waals surface area contributed by atoms with Crippen LogP contribution in [-0.4, -0.2) is 26.4 Å². The van der Waals surface area contributed by atoms with E-state index in [0.717, 1.165) is 12.1 Å². The van der Waals surface area contributed by atoms with Crippen molar-refractivity contribution in [1.29, 1.82) is 0 Å². The number of aromatic amines is 1. The molecule has 3 rings (SSSR count). The molecule has 1 aromatic heterocycles. The van der Waals surface area contributed by atoms with Crippen molar-refractivity contribution < 1.29 is 44.3 Å². The highest BCUT2D eigenvalue weighted by Gasteiger charge is 2.38. The lowest BCUT2D eigenvalue weighted by Crippen LogP contribution is -2.30. The molecule has 0 saturated carbocycles. The largest absolute Gasteiger partial charge is 0.497 e. The van der Waals surface area contributed by atoms with Gasteiger partial charge in [0, 0.05) is 10.9 Å². The molecule has 31 heavy (non-hydrogen) atoms. The van der Waals surface area contributed by atoms with Gasteiger partial charge in [-0.3, -0.25) is 4.79 Å². The number of rotatable bonds is 4. The number of nitrogens with one attached hydrogen (secondary N) is 2. The summed E-state index contributed by atoms with van der Waals surface area (Å²) in [5.41, 5.74) is -4.50. The number of alkyl halides is 6. The van der Waals surface area contributed by atoms with Crippen molar-refractivity contribution in [3.63, 3.8) is 0 Å². The van der Waals surface area contributed by atoms with E-state index in [-0.39, 0.29) is 11.0 Å². The van der Waals surface area contributed by atoms with Crippen molar-refractivity contribution in [3.8, 4) is 5.75 Å². The van der Waals surface area contributed by atoms with Gasteiger partial charge in [0.2, 0.25) is 0 Å². The van der Waals surface area contributed by atoms with Crippen LogP contribution in [0.25, 0.3) is 10.9 Å². The fraction of sp³-hybridized carbons (Fsp3) is 0.167. The average Bonchev–Trinajstić information content (AvgIpc) is 3.09. The summed E-state index contributed by atoms with van der Waals surface area (Å²) in [6.07, 6.45) is -10.2. The van der Waals surface area contributed by atoms with E-state index in [1.165, 1.54) is 19.2 Å². The smallest absolute Gasteiger partial charge is 0.417 e. The minimum atomic E-state index is -5.15. The SMILES string of the molecule is COc1ccc(S(=O)(=O)NC(=O)c2cc3c(C(F)(F)F)cc(C(F)(F)F)cc3[nH]2)cc1. The Hall–Kier alpha value is -3.22. The molecule has 0 saturated heterocycles. The van der Waals surface area contributed by atoms with E-state index in [1.54, 1.807) is 4.72 Å². The Morgan fingerprint density at radius 1 is 0.968 bits per heavy atom. The molecule has 1 amide bonds. The Balaban J connectivity index is 2.01. The molecule has 0 unspecified atom stereocenters. The van der Waals surface area contributed by atoms with E-state index in [9.17, 15) is 39.6 Å². The third-order valence-corrected chi connectivity index (χ3v) is 5.56. The van der Waals surface area contributed by atoms with Crippen LogP contribution in [0.15, 0.2) is 47.4 Å². The number of ether oxygens (including phenoxy) is 1. The van der Waals surface area contributed by atoms with Crippen LogP contribution in [0.1, 0.15) is 21.6 Å². The molecular weight excluding hydrogens is 454 g/mol. The Labute approximate surface area is 170 Å². The average molecular weight is 466 g/mol. The quantitative estimate of drug-likeness (QED) is 0.561. The van der Waals surface area contributed by atoms with Gasteiger partial charge in [-0.2, -0.15) is 26.3 Å². The number of carbonyl (C=O) groups is 1. The van der Waals surface area contributed by atoms with Crippen LogP contribution in [0.5, 0.6) is 5.75 Å². The fourth-order valence-electron chi connectivity index (χ4n) is 2.75. The van der Waals surface area contributed by atoms with Crippen LogP contribution in [-0.2, 0) is 22.4 Å². The van der Waals surface area contributed by atoms with Gasteiger partial charge in [0.1, 0.15) is 11.4 Å². The Morgan fingerprint density at radius 2 is 1.58 bits per heavy atom. The van der Waals surface area contributed by atoms with E-state index < -0.39 is 56.0 Å². The van der Waals surface area contributed by atoms with Crippen LogP contribution in [0.3, 0.4) is 0 Å². The van der Waals surface area contributed by atoms with E-state index in [1.807, 2.05) is 0 Å². The molecule has 0 bridgehead atoms. The van der Waals surface area contributed by atoms with E-state index in [0.29, 0.717) is 17.9 Å². The minimum absolute atomic E-state index is 0.0774. The summed E-state index contributed by atoms with van der Waals surface area (Å²) in [7, 11) is -3.07. The van der Waals surface area contributed by atoms with Gasteiger partial charge in [0.15, 0.2) is 0 Å². The summed E-state index contributed by atoms with van der Waals surface area (Å²) >= 11 is 0. The molecule has 0 aliphatic heterocycles. The first-order valence-corrected chi connectivity index (χ1v) is 9.73. The number of halogens is 6. The maximum Gasteiger partial charge on any atom is 0.417 e. The van der Waals surface area contributed by atoms with Crippen molar-refractivity contribution in [1.82, 2.24) is 9.71 Å². The van der Waals surface area contributed by atoms with Gasteiger partial charge in [-0.05, 0) is 42.5 Å². The number of hydrogen-bond acceptors (Lipinski definition) is 4. The monoisotopic (exact) mass is 466 g/mol. The highest BCUT2D eigenvalue weighted by atomic mass is 32.2. The van der Waals surface area contributed by atoms with Crippen LogP contribution >= 0.6 is 0 Å². The van der Waals surface area contributed by atoms with Crippen LogP contribution < -0.4 is 9.46 Å². The number of benzene rings is 2. The summed E-state index contributed by atoms with van der Waals surface area (Å²) in [6.45, 7) is 0. The number of hydrogen-bond donors (Lipinski definition) is 2. The first-order valence-electron chi connectivity index (χ1n) is 8.25. The van der Waals surface area contributed by atoms with Gasteiger partial charge in [0.25, 0.3) is 15.9 Å². The molecule has 166 valence electrons. The predicted molar refractivity (Wildman–Crippen MR) is 95.9 cm³/mol. The standard InChI is InChI=1S/C18H12F6N2O4S/c1-30-10-2-4-11(5-3-10)31(28,29)26-16(27)15-8-12-13(18(22,23)24)6-9(17(19,20)21)7-14(12)25-15/h2-8,25H,1H3,(H,26,27). The first-order chi connectivity index (χ1) is 14.2. The Bertz CT molecular complexity index is 1250. The lowest BCUT2D eigenvalue weighted by Gasteiger charge is -2.12. The maximum atomic E-state index is 13.3. The first kappa shape index (κ1) is 22.5. The second-order valence-electron chi connectivity index (χ2n) is 6.27. The number of fused-ring (bicyclic) bond motifs is 1. The van der Waals surface area contributed by atoms with Crippen molar-refractivity contribution in [3.05, 3.63) is 59.3 Å². The summed E-state index contributed by atoms with van der Waals surface area (Å²) in [5.74, 6) is -1.02. The van der Waals surface area contributed by atoms with Gasteiger partial charge in [-0.25, -0.2) is 13.1 Å². The lowest BCUT2D eigenvalue weighted by molar-refractivity contribution is -0.142. The van der Waals surface area contributed by atoms with E-state index >= 15 is 0 Å². The molecule has 0 atom stereocenters. The number of methoxy groups -OCH3 is 1. The van der Waals surface area contributed by atoms with Gasteiger partial charge >= 0.3 is 12.4 Å². The van der Waals surface area contributed by atoms with E-state index in [2.05, 4.69) is 4.98 Å². The topological polar surface area (TPSA) is 88.3 Å². The molecule has 0 aliphatic rings. The van der Waals surface area contributed by atoms with E-state index in [4.69, 9.17) is 4.74 Å². The van der Waals surface area contributed by atoms with Crippen molar-refractivity contribution in [2.24, 2.45) is 0 Å². The molecule has 3 aromatic rings. The van der Waals surface area contributed by atoms with Crippen LogP contribution in [0, 0.1) is 0 Å². The molecule has 1 heterocycles. The molecule has 2 N–H and O–H groups in total. The minimum Gasteiger partial charge on any atom is -0.497 e. The number of sulfonamides is 1. The Kier molecular flexibility index (Phi) is 5.42. The molecule has 2 aromatic carbocycles. The molecule has 0 spiro atoms. The predicted octanol–water partition coefficient (Wildman–Crippen LogP) is 4.33. The van der Waals surface area contributed by atoms with Crippen molar-refractivity contribution in [2.75, 3.05) is 7.11 Å². The molecule has 0 radical (unpaired) electrons. The van der Waals surface area contributed by atoms with Crippen molar-refractivity contribution >= 4 is 26.8 Å². The van der Waals surface area contributed by atoms with Crippen molar-refractivity contribution in [2.45, 2.75) is 17.2 Å². The summed E-state index contributed by atoms with van der Waals surface area (Å²) in [5, 5.41) is -0.715. The molecule has 0 aliphatic carbocycles. The molecule has 13 heteroatoms. The van der Waals surface area contributed by atoms with Gasteiger partial charge in [-0.15, -0.1) is 0 Å². The zero-order valence-electron chi connectivity index (χ0n) is 15.4. The fourth-order valence-corrected chi connectivity index (χ4v) is 3.72. The third kappa shape index (κ3) is 4.60. The highest BCUT2D eigenvalue weighted by molar-refractivity contribution is 7.90. The molecule has 6 nitrogen and oxygen atoms in total. The number of amides is 1. The second kappa shape index (κ2) is 7.48. The zero-order chi connectivity index (χ0) is 23.2. The van der Waals surface area contributed by atoms with Gasteiger partial charge < -0.3 is 9.72 Å². The molecule has 0 fully saturated rings. The van der Waals surface area contributed by atoms with Gasteiger partial charge in [0.05, 0.1) is 23.1 Å². The summed E-state index contributed by atoms with van der Waals surface area (Å²) < 4.78 is 110. The number of aromatic nitrogens is 1. The highest BCUT2D eigenvalue weighted by Crippen LogP contribution is 2.40. The molecular formula is C18H12F6N2O4S. The van der Waals surface area contributed by atoms with Crippen LogP contribution in [0.4, 0.5) is 26.3 Å². The number of H-pyrrole nitrogens is 1. The normalized spacial score (nSPS) is 12.7. The van der Waals surface area contributed by atoms with Gasteiger partial charge in [-0.1, -0.05) is 0 Å². The summed E-state index contributed by atoms with van der Waals surface area (Å²) in [4.78, 5) is 14.1. The number of carbonyl (C=O) groups excluding carboxylic acids is 1. The third-order valence-electron chi connectivity index (χ3n) is 4.21. The lowest BCUT2D eigenvalue weighted by atomic mass is 10.0. The summed E-state index contributed by atoms with van der Waals surface area (Å²) in [6, 6.07) is 5.81. The zero-order valence-corrected chi connectivity index (χ0v) is 16.2. The Morgan fingerprint density at radius 3 is 2.10 bits per heavy atom. The second-order valence-corrected chi connectivity index (χ2v) is 7.96. The van der Waals surface area contributed by atoms with Crippen LogP contribution in [0.2, 0.25) is 0 Å².